The Balaban J connectivity index is 2.35. The molecule has 18 heavy (non-hydrogen) atoms. The first-order chi connectivity index (χ1) is 8.61. The molecule has 0 saturated carbocycles. The molecule has 4 nitrogen and oxygen atoms in total. The minimum absolute atomic E-state index is 0.600. The van der Waals surface area contributed by atoms with Crippen LogP contribution in [0.2, 0.25) is 0 Å². The highest BCUT2D eigenvalue weighted by Gasteiger charge is 2.07. The number of pyridine rings is 1. The lowest BCUT2D eigenvalue weighted by atomic mass is 10.2. The fourth-order valence-corrected chi connectivity index (χ4v) is 1.91. The fourth-order valence-electron chi connectivity index (χ4n) is 1.48. The van der Waals surface area contributed by atoms with Gasteiger partial charge in [0.2, 0.25) is 0 Å². The number of nitrogen functional groups attached to an aromatic ring is 1. The molecule has 0 aliphatic carbocycles. The summed E-state index contributed by atoms with van der Waals surface area (Å²) in [6, 6.07) is 9.31. The van der Waals surface area contributed by atoms with E-state index in [1.165, 1.54) is 0 Å². The minimum atomic E-state index is 0.600. The summed E-state index contributed by atoms with van der Waals surface area (Å²) in [5.41, 5.74) is 8.75. The SMILES string of the molecule is Cc1c(N)cnc(Nc2cccc(C#N)c2)c1Br. The van der Waals surface area contributed by atoms with Crippen molar-refractivity contribution < 1.29 is 0 Å². The summed E-state index contributed by atoms with van der Waals surface area (Å²) in [5.74, 6) is 0.678. The van der Waals surface area contributed by atoms with Gasteiger partial charge in [0.15, 0.2) is 0 Å². The van der Waals surface area contributed by atoms with Crippen LogP contribution in [-0.4, -0.2) is 4.98 Å². The molecule has 2 rings (SSSR count). The minimum Gasteiger partial charge on any atom is -0.397 e. The van der Waals surface area contributed by atoms with Gasteiger partial charge in [-0.2, -0.15) is 5.26 Å². The van der Waals surface area contributed by atoms with E-state index in [1.54, 1.807) is 18.3 Å². The van der Waals surface area contributed by atoms with Gasteiger partial charge in [-0.3, -0.25) is 0 Å². The van der Waals surface area contributed by atoms with E-state index in [-0.39, 0.29) is 0 Å². The second-order valence-corrected chi connectivity index (χ2v) is 4.61. The molecule has 2 aromatic rings. The van der Waals surface area contributed by atoms with Crippen LogP contribution in [0.25, 0.3) is 0 Å². The Morgan fingerprint density at radius 2 is 2.22 bits per heavy atom. The van der Waals surface area contributed by atoms with Crippen LogP contribution in [0.5, 0.6) is 0 Å². The Bertz CT molecular complexity index is 631. The lowest BCUT2D eigenvalue weighted by Crippen LogP contribution is -1.99. The standard InChI is InChI=1S/C13H11BrN4/c1-8-11(16)7-17-13(12(8)14)18-10-4-2-3-9(5-10)6-15/h2-5,7H,16H2,1H3,(H,17,18). The normalized spacial score (nSPS) is 9.83. The van der Waals surface area contributed by atoms with Crippen LogP contribution in [0.15, 0.2) is 34.9 Å². The van der Waals surface area contributed by atoms with Crippen LogP contribution in [0.3, 0.4) is 0 Å². The van der Waals surface area contributed by atoms with Gasteiger partial charge in [-0.25, -0.2) is 4.98 Å². The van der Waals surface area contributed by atoms with E-state index in [4.69, 9.17) is 11.0 Å². The van der Waals surface area contributed by atoms with E-state index < -0.39 is 0 Å². The molecule has 1 aromatic carbocycles. The smallest absolute Gasteiger partial charge is 0.145 e. The first kappa shape index (κ1) is 12.4. The summed E-state index contributed by atoms with van der Waals surface area (Å²) in [7, 11) is 0. The van der Waals surface area contributed by atoms with E-state index in [0.717, 1.165) is 15.7 Å². The number of aromatic nitrogens is 1. The van der Waals surface area contributed by atoms with Crippen LogP contribution in [-0.2, 0) is 0 Å². The van der Waals surface area contributed by atoms with Gasteiger partial charge in [0.05, 0.1) is 28.0 Å². The summed E-state index contributed by atoms with van der Waals surface area (Å²) in [4.78, 5) is 4.22. The first-order valence-corrected chi connectivity index (χ1v) is 6.09. The molecule has 0 atom stereocenters. The third-order valence-corrected chi connectivity index (χ3v) is 3.53. The molecule has 0 aliphatic heterocycles. The molecule has 1 heterocycles. The average molecular weight is 303 g/mol. The second-order valence-electron chi connectivity index (χ2n) is 3.82. The number of rotatable bonds is 2. The van der Waals surface area contributed by atoms with Gasteiger partial charge in [-0.1, -0.05) is 6.07 Å². The van der Waals surface area contributed by atoms with Gasteiger partial charge in [-0.05, 0) is 46.6 Å². The van der Waals surface area contributed by atoms with Crippen LogP contribution < -0.4 is 11.1 Å². The lowest BCUT2D eigenvalue weighted by molar-refractivity contribution is 1.25. The predicted octanol–water partition coefficient (Wildman–Crippen LogP) is 3.35. The highest BCUT2D eigenvalue weighted by molar-refractivity contribution is 9.10. The molecule has 5 heteroatoms. The van der Waals surface area contributed by atoms with E-state index in [2.05, 4.69) is 32.3 Å². The van der Waals surface area contributed by atoms with Gasteiger partial charge in [0, 0.05) is 5.69 Å². The van der Waals surface area contributed by atoms with Crippen LogP contribution in [0.4, 0.5) is 17.2 Å². The van der Waals surface area contributed by atoms with Crippen molar-refractivity contribution in [2.24, 2.45) is 0 Å². The zero-order chi connectivity index (χ0) is 13.1. The van der Waals surface area contributed by atoms with Crippen LogP contribution >= 0.6 is 15.9 Å². The summed E-state index contributed by atoms with van der Waals surface area (Å²) in [5, 5.41) is 12.0. The van der Waals surface area contributed by atoms with Crippen molar-refractivity contribution in [2.75, 3.05) is 11.1 Å². The zero-order valence-corrected chi connectivity index (χ0v) is 11.3. The number of nitrogens with two attached hydrogens (primary N) is 1. The van der Waals surface area contributed by atoms with Crippen molar-refractivity contribution in [3.63, 3.8) is 0 Å². The van der Waals surface area contributed by atoms with E-state index in [9.17, 15) is 0 Å². The Morgan fingerprint density at radius 3 is 2.94 bits per heavy atom. The van der Waals surface area contributed by atoms with Gasteiger partial charge in [0.1, 0.15) is 5.82 Å². The molecular weight excluding hydrogens is 292 g/mol. The predicted molar refractivity (Wildman–Crippen MR) is 75.5 cm³/mol. The number of nitrogens with one attached hydrogen (secondary N) is 1. The molecule has 0 spiro atoms. The maximum atomic E-state index is 8.84. The van der Waals surface area contributed by atoms with Crippen molar-refractivity contribution in [1.29, 1.82) is 5.26 Å². The van der Waals surface area contributed by atoms with Gasteiger partial charge < -0.3 is 11.1 Å². The van der Waals surface area contributed by atoms with Gasteiger partial charge in [-0.15, -0.1) is 0 Å². The number of nitrogens with zero attached hydrogens (tertiary/aromatic N) is 2. The topological polar surface area (TPSA) is 74.7 Å². The molecule has 1 aromatic heterocycles. The average Bonchev–Trinajstić information content (AvgIpc) is 2.40. The monoisotopic (exact) mass is 302 g/mol. The van der Waals surface area contributed by atoms with E-state index in [0.29, 0.717) is 17.1 Å². The van der Waals surface area contributed by atoms with Crippen molar-refractivity contribution in [3.05, 3.63) is 46.1 Å². The summed E-state index contributed by atoms with van der Waals surface area (Å²) < 4.78 is 0.824. The lowest BCUT2D eigenvalue weighted by Gasteiger charge is -2.10. The quantitative estimate of drug-likeness (QED) is 0.892. The third kappa shape index (κ3) is 2.44. The largest absolute Gasteiger partial charge is 0.397 e. The molecule has 0 aliphatic rings. The summed E-state index contributed by atoms with van der Waals surface area (Å²) >= 11 is 3.45. The van der Waals surface area contributed by atoms with Crippen molar-refractivity contribution in [2.45, 2.75) is 6.92 Å². The van der Waals surface area contributed by atoms with Crippen molar-refractivity contribution >= 4 is 33.1 Å². The number of anilines is 3. The molecule has 0 radical (unpaired) electrons. The maximum absolute atomic E-state index is 8.84. The third-order valence-electron chi connectivity index (χ3n) is 2.56. The molecule has 0 unspecified atom stereocenters. The zero-order valence-electron chi connectivity index (χ0n) is 9.74. The molecular formula is C13H11BrN4. The maximum Gasteiger partial charge on any atom is 0.145 e. The Kier molecular flexibility index (Phi) is 3.49. The van der Waals surface area contributed by atoms with Gasteiger partial charge >= 0.3 is 0 Å². The Labute approximate surface area is 114 Å². The first-order valence-electron chi connectivity index (χ1n) is 5.29. The fraction of sp³-hybridized carbons (Fsp3) is 0.0769. The Morgan fingerprint density at radius 1 is 1.44 bits per heavy atom. The second kappa shape index (κ2) is 5.07. The van der Waals surface area contributed by atoms with Crippen molar-refractivity contribution in [1.82, 2.24) is 4.98 Å². The van der Waals surface area contributed by atoms with Crippen LogP contribution in [0, 0.1) is 18.3 Å². The van der Waals surface area contributed by atoms with Crippen LogP contribution in [0.1, 0.15) is 11.1 Å². The van der Waals surface area contributed by atoms with E-state index in [1.807, 2.05) is 19.1 Å². The number of benzene rings is 1. The number of hydrogen-bond acceptors (Lipinski definition) is 4. The number of hydrogen-bond donors (Lipinski definition) is 2. The van der Waals surface area contributed by atoms with E-state index >= 15 is 0 Å². The Hall–Kier alpha value is -2.06. The number of halogens is 1. The molecule has 90 valence electrons. The molecule has 0 bridgehead atoms. The molecule has 3 N–H and O–H groups in total. The molecule has 0 saturated heterocycles. The molecule has 0 amide bonds. The number of nitriles is 1. The van der Waals surface area contributed by atoms with Gasteiger partial charge in [0.25, 0.3) is 0 Å². The highest BCUT2D eigenvalue weighted by Crippen LogP contribution is 2.29. The summed E-state index contributed by atoms with van der Waals surface area (Å²) in [6.45, 7) is 1.91. The summed E-state index contributed by atoms with van der Waals surface area (Å²) in [6.07, 6.45) is 1.61. The molecule has 0 fully saturated rings. The van der Waals surface area contributed by atoms with Crippen molar-refractivity contribution in [3.8, 4) is 6.07 Å². The highest BCUT2D eigenvalue weighted by atomic mass is 79.9.